The minimum Gasteiger partial charge on any atom is -0.427 e. The van der Waals surface area contributed by atoms with Crippen LogP contribution in [0.15, 0.2) is 0 Å². The van der Waals surface area contributed by atoms with Crippen molar-refractivity contribution in [3.05, 3.63) is 0 Å². The molecule has 1 fully saturated rings. The highest BCUT2D eigenvalue weighted by Crippen LogP contribution is 2.17. The molecule has 0 aromatic rings. The van der Waals surface area contributed by atoms with Crippen LogP contribution in [0.5, 0.6) is 0 Å². The van der Waals surface area contributed by atoms with Gasteiger partial charge in [0.15, 0.2) is 0 Å². The Labute approximate surface area is 93.4 Å². The first-order valence-electron chi connectivity index (χ1n) is 5.12. The van der Waals surface area contributed by atoms with Gasteiger partial charge in [0.2, 0.25) is 0 Å². The van der Waals surface area contributed by atoms with E-state index in [4.69, 9.17) is 4.74 Å². The molecule has 0 unspecified atom stereocenters. The van der Waals surface area contributed by atoms with Gasteiger partial charge in [0.1, 0.15) is 5.60 Å². The first-order valence-corrected chi connectivity index (χ1v) is 5.12. The van der Waals surface area contributed by atoms with E-state index in [1.54, 1.807) is 13.8 Å². The molecular formula is C10H15NO5. The van der Waals surface area contributed by atoms with Crippen LogP contribution in [0.4, 0.5) is 4.79 Å². The number of ether oxygens (including phenoxy) is 1. The highest BCUT2D eigenvalue weighted by molar-refractivity contribution is 6.01. The zero-order valence-electron chi connectivity index (χ0n) is 9.61. The lowest BCUT2D eigenvalue weighted by Crippen LogP contribution is -2.36. The number of hydrogen-bond donors (Lipinski definition) is 0. The lowest BCUT2D eigenvalue weighted by Gasteiger charge is -2.23. The fraction of sp³-hybridized carbons (Fsp3) is 0.700. The molecule has 16 heavy (non-hydrogen) atoms. The molecule has 1 aliphatic rings. The highest BCUT2D eigenvalue weighted by Gasteiger charge is 2.34. The van der Waals surface area contributed by atoms with Crippen molar-refractivity contribution in [3.63, 3.8) is 0 Å². The van der Waals surface area contributed by atoms with Crippen molar-refractivity contribution in [3.8, 4) is 0 Å². The monoisotopic (exact) mass is 229 g/mol. The van der Waals surface area contributed by atoms with Gasteiger partial charge in [0, 0.05) is 12.8 Å². The molecular weight excluding hydrogens is 214 g/mol. The number of hydrogen-bond acceptors (Lipinski definition) is 5. The van der Waals surface area contributed by atoms with E-state index in [9.17, 15) is 14.4 Å². The van der Waals surface area contributed by atoms with Crippen LogP contribution in [0.2, 0.25) is 0 Å². The van der Waals surface area contributed by atoms with E-state index < -0.39 is 23.6 Å². The van der Waals surface area contributed by atoms with E-state index in [2.05, 4.69) is 4.84 Å². The second-order valence-corrected chi connectivity index (χ2v) is 4.14. The third-order valence-electron chi connectivity index (χ3n) is 2.38. The topological polar surface area (TPSA) is 72.9 Å². The largest absolute Gasteiger partial charge is 0.534 e. The summed E-state index contributed by atoms with van der Waals surface area (Å²) in [4.78, 5) is 38.1. The predicted octanol–water partition coefficient (Wildman–Crippen LogP) is 1.39. The minimum absolute atomic E-state index is 0.0727. The van der Waals surface area contributed by atoms with Crippen molar-refractivity contribution in [2.75, 3.05) is 0 Å². The van der Waals surface area contributed by atoms with Gasteiger partial charge in [-0.25, -0.2) is 4.79 Å². The van der Waals surface area contributed by atoms with Crippen LogP contribution >= 0.6 is 0 Å². The van der Waals surface area contributed by atoms with Crippen molar-refractivity contribution >= 4 is 18.0 Å². The zero-order chi connectivity index (χ0) is 12.3. The van der Waals surface area contributed by atoms with Gasteiger partial charge in [-0.3, -0.25) is 14.4 Å². The third kappa shape index (κ3) is 2.95. The van der Waals surface area contributed by atoms with Gasteiger partial charge in [0.25, 0.3) is 11.8 Å². The van der Waals surface area contributed by atoms with Gasteiger partial charge in [-0.1, -0.05) is 12.0 Å². The number of nitrogens with zero attached hydrogens (tertiary/aromatic N) is 1. The second-order valence-electron chi connectivity index (χ2n) is 4.14. The number of amides is 2. The molecule has 0 aromatic heterocycles. The van der Waals surface area contributed by atoms with Crippen molar-refractivity contribution in [1.82, 2.24) is 5.06 Å². The first-order chi connectivity index (χ1) is 7.35. The Morgan fingerprint density at radius 3 is 2.25 bits per heavy atom. The highest BCUT2D eigenvalue weighted by atomic mass is 16.8. The normalized spacial score (nSPS) is 16.6. The van der Waals surface area contributed by atoms with Gasteiger partial charge >= 0.3 is 6.16 Å². The maximum absolute atomic E-state index is 11.3. The van der Waals surface area contributed by atoms with Gasteiger partial charge in [0.05, 0.1) is 0 Å². The van der Waals surface area contributed by atoms with Crippen LogP contribution in [-0.4, -0.2) is 28.6 Å². The van der Waals surface area contributed by atoms with E-state index in [0.717, 1.165) is 0 Å². The van der Waals surface area contributed by atoms with Crippen molar-refractivity contribution in [1.29, 1.82) is 0 Å². The quantitative estimate of drug-likeness (QED) is 0.540. The lowest BCUT2D eigenvalue weighted by molar-refractivity contribution is -0.181. The fourth-order valence-electron chi connectivity index (χ4n) is 1.05. The summed E-state index contributed by atoms with van der Waals surface area (Å²) in [5.41, 5.74) is -0.678. The average molecular weight is 229 g/mol. The van der Waals surface area contributed by atoms with E-state index in [0.29, 0.717) is 11.5 Å². The van der Waals surface area contributed by atoms with Crippen molar-refractivity contribution in [2.45, 2.75) is 45.6 Å². The molecule has 2 amide bonds. The van der Waals surface area contributed by atoms with Gasteiger partial charge in [-0.2, -0.15) is 0 Å². The van der Waals surface area contributed by atoms with Crippen LogP contribution in [0.3, 0.4) is 0 Å². The molecule has 0 N–H and O–H groups in total. The van der Waals surface area contributed by atoms with E-state index in [1.165, 1.54) is 0 Å². The molecule has 1 rings (SSSR count). The number of imide groups is 1. The van der Waals surface area contributed by atoms with Gasteiger partial charge < -0.3 is 4.74 Å². The van der Waals surface area contributed by atoms with Crippen LogP contribution in [0.1, 0.15) is 40.0 Å². The Morgan fingerprint density at radius 1 is 1.31 bits per heavy atom. The molecule has 1 aliphatic heterocycles. The Kier molecular flexibility index (Phi) is 3.51. The Morgan fingerprint density at radius 2 is 1.81 bits per heavy atom. The summed E-state index contributed by atoms with van der Waals surface area (Å²) in [5, 5.41) is 0.466. The number of rotatable bonds is 3. The fourth-order valence-corrected chi connectivity index (χ4v) is 1.05. The molecule has 0 spiro atoms. The second kappa shape index (κ2) is 4.51. The standard InChI is InChI=1S/C10H15NO5/c1-4-10(2,3)15-9(14)16-11-7(12)5-6-8(11)13/h4-6H2,1-3H3. The summed E-state index contributed by atoms with van der Waals surface area (Å²) in [7, 11) is 0. The molecule has 0 bridgehead atoms. The Hall–Kier alpha value is -1.59. The molecule has 0 aromatic carbocycles. The Bertz CT molecular complexity index is 307. The van der Waals surface area contributed by atoms with Crippen molar-refractivity contribution < 1.29 is 24.0 Å². The third-order valence-corrected chi connectivity index (χ3v) is 2.38. The summed E-state index contributed by atoms with van der Waals surface area (Å²) >= 11 is 0. The van der Waals surface area contributed by atoms with Gasteiger partial charge in [-0.15, -0.1) is 0 Å². The molecule has 0 saturated carbocycles. The number of hydroxylamine groups is 2. The number of carbonyl (C=O) groups is 3. The van der Waals surface area contributed by atoms with Crippen LogP contribution in [0, 0.1) is 0 Å². The minimum atomic E-state index is -1.03. The van der Waals surface area contributed by atoms with Crippen LogP contribution < -0.4 is 0 Å². The summed E-state index contributed by atoms with van der Waals surface area (Å²) < 4.78 is 4.94. The maximum Gasteiger partial charge on any atom is 0.534 e. The molecule has 0 aliphatic carbocycles. The summed E-state index contributed by atoms with van der Waals surface area (Å²) in [6, 6.07) is 0. The lowest BCUT2D eigenvalue weighted by atomic mass is 10.1. The molecule has 6 heteroatoms. The first kappa shape index (κ1) is 12.5. The summed E-state index contributed by atoms with van der Waals surface area (Å²) in [5.74, 6) is -1.03. The van der Waals surface area contributed by atoms with E-state index >= 15 is 0 Å². The maximum atomic E-state index is 11.3. The molecule has 6 nitrogen and oxygen atoms in total. The molecule has 1 heterocycles. The van der Waals surface area contributed by atoms with Crippen LogP contribution in [0.25, 0.3) is 0 Å². The predicted molar refractivity (Wildman–Crippen MR) is 53.0 cm³/mol. The smallest absolute Gasteiger partial charge is 0.427 e. The summed E-state index contributed by atoms with van der Waals surface area (Å²) in [6.07, 6.45) is -0.285. The summed E-state index contributed by atoms with van der Waals surface area (Å²) in [6.45, 7) is 5.27. The van der Waals surface area contributed by atoms with Crippen molar-refractivity contribution in [2.24, 2.45) is 0 Å². The molecule has 90 valence electrons. The average Bonchev–Trinajstić information content (AvgIpc) is 2.49. The van der Waals surface area contributed by atoms with E-state index in [1.807, 2.05) is 6.92 Å². The molecule has 1 saturated heterocycles. The Balaban J connectivity index is 2.52. The molecule has 0 atom stereocenters. The van der Waals surface area contributed by atoms with Gasteiger partial charge in [-0.05, 0) is 20.3 Å². The zero-order valence-corrected chi connectivity index (χ0v) is 9.61. The SMILES string of the molecule is CCC(C)(C)OC(=O)ON1C(=O)CCC1=O. The van der Waals surface area contributed by atoms with Crippen LogP contribution in [-0.2, 0) is 19.2 Å². The molecule has 0 radical (unpaired) electrons. The number of carbonyl (C=O) groups excluding carboxylic acids is 3. The van der Waals surface area contributed by atoms with E-state index in [-0.39, 0.29) is 12.8 Å².